The largest absolute Gasteiger partial charge is 0.513 e. The van der Waals surface area contributed by atoms with Crippen molar-refractivity contribution in [2.24, 2.45) is 0 Å². The van der Waals surface area contributed by atoms with Gasteiger partial charge in [0.25, 0.3) is 0 Å². The molecule has 0 heterocycles. The monoisotopic (exact) mass is 332 g/mol. The fourth-order valence-corrected chi connectivity index (χ4v) is 2.74. The zero-order valence-corrected chi connectivity index (χ0v) is 14.1. The van der Waals surface area contributed by atoms with Crippen LogP contribution in [0.2, 0.25) is 0 Å². The third-order valence-corrected chi connectivity index (χ3v) is 3.87. The van der Waals surface area contributed by atoms with Crippen molar-refractivity contribution < 1.29 is 14.3 Å². The molecule has 0 fully saturated rings. The highest BCUT2D eigenvalue weighted by molar-refractivity contribution is 5.76. The molecule has 3 aromatic rings. The van der Waals surface area contributed by atoms with Gasteiger partial charge in [-0.1, -0.05) is 78.9 Å². The van der Waals surface area contributed by atoms with Gasteiger partial charge < -0.3 is 9.47 Å². The van der Waals surface area contributed by atoms with E-state index in [4.69, 9.17) is 9.47 Å². The minimum atomic E-state index is -0.680. The third-order valence-electron chi connectivity index (χ3n) is 3.87. The van der Waals surface area contributed by atoms with Crippen LogP contribution in [0.3, 0.4) is 0 Å². The van der Waals surface area contributed by atoms with E-state index < -0.39 is 6.16 Å². The first-order valence-electron chi connectivity index (χ1n) is 8.33. The highest BCUT2D eigenvalue weighted by Gasteiger charge is 2.16. The summed E-state index contributed by atoms with van der Waals surface area (Å²) in [5, 5.41) is 0. The van der Waals surface area contributed by atoms with Crippen molar-refractivity contribution in [3.8, 4) is 16.9 Å². The Morgan fingerprint density at radius 2 is 1.52 bits per heavy atom. The maximum absolute atomic E-state index is 12.0. The van der Waals surface area contributed by atoms with Gasteiger partial charge >= 0.3 is 6.16 Å². The summed E-state index contributed by atoms with van der Waals surface area (Å²) in [6, 6.07) is 25.9. The summed E-state index contributed by atoms with van der Waals surface area (Å²) >= 11 is 0. The molecule has 0 saturated carbocycles. The van der Waals surface area contributed by atoms with Crippen LogP contribution in [-0.4, -0.2) is 12.8 Å². The first-order valence-corrected chi connectivity index (χ1v) is 8.33. The Kier molecular flexibility index (Phi) is 5.47. The topological polar surface area (TPSA) is 35.5 Å². The van der Waals surface area contributed by atoms with E-state index in [1.54, 1.807) is 6.92 Å². The molecule has 0 aliphatic carbocycles. The molecule has 0 unspecified atom stereocenters. The first-order chi connectivity index (χ1) is 12.3. The third kappa shape index (κ3) is 4.27. The molecule has 0 atom stereocenters. The van der Waals surface area contributed by atoms with Crippen LogP contribution < -0.4 is 4.74 Å². The molecule has 25 heavy (non-hydrogen) atoms. The summed E-state index contributed by atoms with van der Waals surface area (Å²) < 4.78 is 10.6. The molecule has 0 bridgehead atoms. The van der Waals surface area contributed by atoms with Crippen LogP contribution in [0.4, 0.5) is 4.79 Å². The molecule has 3 aromatic carbocycles. The van der Waals surface area contributed by atoms with Crippen LogP contribution in [0, 0.1) is 0 Å². The lowest BCUT2D eigenvalue weighted by atomic mass is 9.97. The van der Waals surface area contributed by atoms with E-state index in [0.29, 0.717) is 12.2 Å². The Labute approximate surface area is 147 Å². The zero-order chi connectivity index (χ0) is 17.5. The van der Waals surface area contributed by atoms with Crippen LogP contribution in [0.25, 0.3) is 11.1 Å². The van der Waals surface area contributed by atoms with E-state index >= 15 is 0 Å². The van der Waals surface area contributed by atoms with Crippen LogP contribution in [0.5, 0.6) is 5.75 Å². The summed E-state index contributed by atoms with van der Waals surface area (Å²) in [5.74, 6) is 0.552. The Bertz CT molecular complexity index is 826. The van der Waals surface area contributed by atoms with Crippen molar-refractivity contribution in [2.45, 2.75) is 13.3 Å². The van der Waals surface area contributed by atoms with Crippen molar-refractivity contribution in [1.29, 1.82) is 0 Å². The zero-order valence-electron chi connectivity index (χ0n) is 14.1. The van der Waals surface area contributed by atoms with Crippen molar-refractivity contribution >= 4 is 6.16 Å². The minimum Gasteiger partial charge on any atom is -0.434 e. The van der Waals surface area contributed by atoms with Gasteiger partial charge in [-0.25, -0.2) is 4.79 Å². The quantitative estimate of drug-likeness (QED) is 0.458. The molecule has 126 valence electrons. The summed E-state index contributed by atoms with van der Waals surface area (Å²) in [6.45, 7) is 2.04. The minimum absolute atomic E-state index is 0.278. The summed E-state index contributed by atoms with van der Waals surface area (Å²) in [5.41, 5.74) is 3.97. The Balaban J connectivity index is 2.03. The van der Waals surface area contributed by atoms with E-state index in [9.17, 15) is 4.79 Å². The lowest BCUT2D eigenvalue weighted by molar-refractivity contribution is 0.104. The lowest BCUT2D eigenvalue weighted by Crippen LogP contribution is -2.12. The molecule has 0 N–H and O–H groups in total. The van der Waals surface area contributed by atoms with Gasteiger partial charge in [0.1, 0.15) is 5.75 Å². The fourth-order valence-electron chi connectivity index (χ4n) is 2.74. The van der Waals surface area contributed by atoms with Gasteiger partial charge in [-0.15, -0.1) is 0 Å². The summed E-state index contributed by atoms with van der Waals surface area (Å²) in [7, 11) is 0. The summed E-state index contributed by atoms with van der Waals surface area (Å²) in [6.07, 6.45) is -0.00354. The standard InChI is InChI=1S/C22H20O3/c1-2-24-22(23)25-21-19(16-17-10-5-3-6-11-17)14-9-15-20(21)18-12-7-4-8-13-18/h3-15H,2,16H2,1H3. The number of rotatable bonds is 5. The average molecular weight is 332 g/mol. The molecule has 0 amide bonds. The molecular weight excluding hydrogens is 312 g/mol. The van der Waals surface area contributed by atoms with Crippen LogP contribution in [0.15, 0.2) is 78.9 Å². The van der Waals surface area contributed by atoms with Crippen molar-refractivity contribution in [2.75, 3.05) is 6.61 Å². The molecule has 0 radical (unpaired) electrons. The fraction of sp³-hybridized carbons (Fsp3) is 0.136. The van der Waals surface area contributed by atoms with E-state index in [0.717, 1.165) is 22.3 Å². The molecule has 3 heteroatoms. The second kappa shape index (κ2) is 8.15. The molecular formula is C22H20O3. The van der Waals surface area contributed by atoms with Gasteiger partial charge in [-0.3, -0.25) is 0 Å². The Hall–Kier alpha value is -3.07. The van der Waals surface area contributed by atoms with E-state index in [-0.39, 0.29) is 6.61 Å². The average Bonchev–Trinajstić information content (AvgIpc) is 2.65. The van der Waals surface area contributed by atoms with Gasteiger partial charge in [0.2, 0.25) is 0 Å². The number of para-hydroxylation sites is 1. The molecule has 0 saturated heterocycles. The number of carbonyl (C=O) groups excluding carboxylic acids is 1. The molecule has 3 rings (SSSR count). The molecule has 0 aliphatic heterocycles. The van der Waals surface area contributed by atoms with E-state index in [1.165, 1.54) is 0 Å². The van der Waals surface area contributed by atoms with E-state index in [1.807, 2.05) is 66.7 Å². The molecule has 3 nitrogen and oxygen atoms in total. The highest BCUT2D eigenvalue weighted by Crippen LogP contribution is 2.34. The summed E-state index contributed by atoms with van der Waals surface area (Å²) in [4.78, 5) is 12.0. The number of benzene rings is 3. The second-order valence-electron chi connectivity index (χ2n) is 5.61. The molecule has 0 spiro atoms. The van der Waals surface area contributed by atoms with Crippen LogP contribution in [0.1, 0.15) is 18.1 Å². The number of hydrogen-bond acceptors (Lipinski definition) is 3. The SMILES string of the molecule is CCOC(=O)Oc1c(Cc2ccccc2)cccc1-c1ccccc1. The molecule has 0 aromatic heterocycles. The Morgan fingerprint density at radius 3 is 2.20 bits per heavy atom. The Morgan fingerprint density at radius 1 is 0.840 bits per heavy atom. The lowest BCUT2D eigenvalue weighted by Gasteiger charge is -2.15. The van der Waals surface area contributed by atoms with Gasteiger partial charge in [0.05, 0.1) is 6.61 Å². The molecule has 0 aliphatic rings. The predicted octanol–water partition coefficient (Wildman–Crippen LogP) is 5.48. The van der Waals surface area contributed by atoms with Gasteiger partial charge in [-0.05, 0) is 18.1 Å². The highest BCUT2D eigenvalue weighted by atomic mass is 16.7. The number of ether oxygens (including phenoxy) is 2. The van der Waals surface area contributed by atoms with Gasteiger partial charge in [0.15, 0.2) is 0 Å². The van der Waals surface area contributed by atoms with Crippen LogP contribution in [-0.2, 0) is 11.2 Å². The maximum atomic E-state index is 12.0. The second-order valence-corrected chi connectivity index (χ2v) is 5.61. The normalized spacial score (nSPS) is 10.3. The maximum Gasteiger partial charge on any atom is 0.513 e. The van der Waals surface area contributed by atoms with Crippen molar-refractivity contribution in [3.63, 3.8) is 0 Å². The van der Waals surface area contributed by atoms with Crippen LogP contribution >= 0.6 is 0 Å². The van der Waals surface area contributed by atoms with E-state index in [2.05, 4.69) is 12.1 Å². The van der Waals surface area contributed by atoms with Crippen molar-refractivity contribution in [3.05, 3.63) is 90.0 Å². The van der Waals surface area contributed by atoms with Gasteiger partial charge in [0, 0.05) is 17.5 Å². The predicted molar refractivity (Wildman–Crippen MR) is 98.8 cm³/mol. The smallest absolute Gasteiger partial charge is 0.434 e. The first kappa shape index (κ1) is 16.8. The van der Waals surface area contributed by atoms with Gasteiger partial charge in [-0.2, -0.15) is 0 Å². The number of carbonyl (C=O) groups is 1. The van der Waals surface area contributed by atoms with Crippen molar-refractivity contribution in [1.82, 2.24) is 0 Å². The number of hydrogen-bond donors (Lipinski definition) is 0.